The van der Waals surface area contributed by atoms with Gasteiger partial charge in [0.05, 0.1) is 0 Å². The molecular weight excluding hydrogens is 342 g/mol. The van der Waals surface area contributed by atoms with Crippen LogP contribution in [-0.4, -0.2) is 41.3 Å². The van der Waals surface area contributed by atoms with Gasteiger partial charge in [0.15, 0.2) is 0 Å². The molecule has 130 valence electrons. The largest absolute Gasteiger partial charge is 0.369 e. The zero-order valence-electron chi connectivity index (χ0n) is 13.6. The number of nitrogens with zero attached hydrogens (tertiary/aromatic N) is 6. The van der Waals surface area contributed by atoms with Crippen molar-refractivity contribution in [2.45, 2.75) is 38.9 Å². The molecule has 0 fully saturated rings. The highest BCUT2D eigenvalue weighted by molar-refractivity contribution is 7.12. The molecule has 1 aliphatic rings. The molecule has 1 atom stereocenters. The summed E-state index contributed by atoms with van der Waals surface area (Å²) in [6.45, 7) is 2.72. The highest BCUT2D eigenvalue weighted by atomic mass is 32.1. The number of carbonyl (C=O) groups excluding carboxylic acids is 1. The average Bonchev–Trinajstić information content (AvgIpc) is 3.30. The van der Waals surface area contributed by atoms with E-state index in [9.17, 15) is 9.59 Å². The first-order valence-corrected chi connectivity index (χ1v) is 8.87. The predicted molar refractivity (Wildman–Crippen MR) is 90.7 cm³/mol. The first-order valence-electron chi connectivity index (χ1n) is 7.99. The monoisotopic (exact) mass is 359 g/mol. The summed E-state index contributed by atoms with van der Waals surface area (Å²) in [4.78, 5) is 28.9. The molecule has 4 rings (SSSR count). The lowest BCUT2D eigenvalue weighted by molar-refractivity contribution is -0.122. The summed E-state index contributed by atoms with van der Waals surface area (Å²) in [6, 6.07) is 3.62. The van der Waals surface area contributed by atoms with Gasteiger partial charge in [-0.2, -0.15) is 9.36 Å². The van der Waals surface area contributed by atoms with E-state index in [-0.39, 0.29) is 18.5 Å². The van der Waals surface area contributed by atoms with Crippen molar-refractivity contribution < 1.29 is 4.79 Å². The van der Waals surface area contributed by atoms with Crippen LogP contribution in [0.2, 0.25) is 0 Å². The minimum absolute atomic E-state index is 0.0184. The smallest absolute Gasteiger partial charge is 0.351 e. The van der Waals surface area contributed by atoms with Crippen LogP contribution < -0.4 is 11.0 Å². The van der Waals surface area contributed by atoms with Gasteiger partial charge in [-0.1, -0.05) is 0 Å². The number of hydrogen-bond acceptors (Lipinski definition) is 6. The number of carbonyl (C=O) groups is 1. The summed E-state index contributed by atoms with van der Waals surface area (Å²) >= 11 is 1.38. The molecule has 0 spiro atoms. The van der Waals surface area contributed by atoms with Crippen molar-refractivity contribution in [3.05, 3.63) is 45.7 Å². The molecule has 0 aromatic carbocycles. The van der Waals surface area contributed by atoms with Crippen LogP contribution in [0.5, 0.6) is 0 Å². The van der Waals surface area contributed by atoms with Crippen LogP contribution in [0.4, 0.5) is 0 Å². The Labute approximate surface area is 146 Å². The second-order valence-electron chi connectivity index (χ2n) is 6.01. The molecule has 9 nitrogen and oxygen atoms in total. The summed E-state index contributed by atoms with van der Waals surface area (Å²) in [7, 11) is 0. The number of nitrogens with one attached hydrogen (secondary N) is 1. The third kappa shape index (κ3) is 3.00. The molecule has 3 aromatic heterocycles. The highest BCUT2D eigenvalue weighted by Gasteiger charge is 2.22. The lowest BCUT2D eigenvalue weighted by Crippen LogP contribution is -2.43. The van der Waals surface area contributed by atoms with Crippen molar-refractivity contribution in [3.8, 4) is 5.00 Å². The number of amides is 1. The Bertz CT molecular complexity index is 953. The van der Waals surface area contributed by atoms with Crippen molar-refractivity contribution in [2.24, 2.45) is 0 Å². The van der Waals surface area contributed by atoms with E-state index < -0.39 is 5.69 Å². The van der Waals surface area contributed by atoms with Crippen molar-refractivity contribution in [3.63, 3.8) is 0 Å². The molecule has 3 aromatic rings. The maximum Gasteiger partial charge on any atom is 0.369 e. The maximum absolute atomic E-state index is 12.3. The van der Waals surface area contributed by atoms with E-state index in [1.165, 1.54) is 16.0 Å². The molecule has 25 heavy (non-hydrogen) atoms. The Kier molecular flexibility index (Phi) is 3.96. The Morgan fingerprint density at radius 1 is 1.44 bits per heavy atom. The number of aryl methyl sites for hydroxylation is 1. The molecule has 0 radical (unpaired) electrons. The number of hydrogen-bond donors (Lipinski definition) is 1. The zero-order valence-corrected chi connectivity index (χ0v) is 14.4. The standard InChI is InChI=1S/C15H17N7O2S/c1-10-8-16-12-7-11(4-5-20(10)12)17-13(23)9-21-15(24)22(19-18-21)14-3-2-6-25-14/h2-3,6,8,11H,4-5,7,9H2,1H3,(H,17,23). The van der Waals surface area contributed by atoms with Gasteiger partial charge in [0, 0.05) is 30.9 Å². The molecular formula is C15H17N7O2S. The van der Waals surface area contributed by atoms with Gasteiger partial charge >= 0.3 is 5.69 Å². The van der Waals surface area contributed by atoms with E-state index in [0.29, 0.717) is 11.4 Å². The van der Waals surface area contributed by atoms with Crippen LogP contribution in [0, 0.1) is 6.92 Å². The Morgan fingerprint density at radius 3 is 3.12 bits per heavy atom. The van der Waals surface area contributed by atoms with Gasteiger partial charge < -0.3 is 9.88 Å². The van der Waals surface area contributed by atoms with Gasteiger partial charge in [-0.3, -0.25) is 4.79 Å². The van der Waals surface area contributed by atoms with Crippen LogP contribution >= 0.6 is 11.3 Å². The minimum Gasteiger partial charge on any atom is -0.351 e. The summed E-state index contributed by atoms with van der Waals surface area (Å²) in [5.41, 5.74) is 0.712. The second kappa shape index (κ2) is 6.28. The van der Waals surface area contributed by atoms with Crippen LogP contribution in [0.3, 0.4) is 0 Å². The number of rotatable bonds is 4. The number of fused-ring (bicyclic) bond motifs is 1. The van der Waals surface area contributed by atoms with Crippen LogP contribution in [0.25, 0.3) is 5.00 Å². The average molecular weight is 359 g/mol. The predicted octanol–water partition coefficient (Wildman–Crippen LogP) is 0.127. The van der Waals surface area contributed by atoms with E-state index in [1.807, 2.05) is 24.6 Å². The Balaban J connectivity index is 1.41. The normalized spacial score (nSPS) is 16.6. The molecule has 0 saturated heterocycles. The topological polar surface area (TPSA) is 99.6 Å². The molecule has 0 bridgehead atoms. The fourth-order valence-corrected chi connectivity index (χ4v) is 3.69. The van der Waals surface area contributed by atoms with Crippen molar-refractivity contribution in [1.82, 2.24) is 34.7 Å². The zero-order chi connectivity index (χ0) is 17.4. The number of thiophene rings is 1. The van der Waals surface area contributed by atoms with Gasteiger partial charge in [-0.25, -0.2) is 9.78 Å². The molecule has 10 heteroatoms. The van der Waals surface area contributed by atoms with Gasteiger partial charge in [0.1, 0.15) is 17.4 Å². The molecule has 1 unspecified atom stereocenters. The van der Waals surface area contributed by atoms with Gasteiger partial charge in [-0.15, -0.1) is 11.3 Å². The molecule has 0 saturated carbocycles. The molecule has 4 heterocycles. The van der Waals surface area contributed by atoms with E-state index >= 15 is 0 Å². The molecule has 0 aliphatic carbocycles. The van der Waals surface area contributed by atoms with Crippen LogP contribution in [0.15, 0.2) is 28.5 Å². The van der Waals surface area contributed by atoms with Crippen LogP contribution in [-0.2, 0) is 24.3 Å². The van der Waals surface area contributed by atoms with E-state index in [4.69, 9.17) is 0 Å². The van der Waals surface area contributed by atoms with Gasteiger partial charge in [0.2, 0.25) is 5.91 Å². The van der Waals surface area contributed by atoms with Gasteiger partial charge in [-0.05, 0) is 41.3 Å². The molecule has 1 N–H and O–H groups in total. The number of imidazole rings is 1. The fourth-order valence-electron chi connectivity index (χ4n) is 3.02. The first-order chi connectivity index (χ1) is 12.1. The number of tetrazole rings is 1. The SMILES string of the molecule is Cc1cnc2n1CCC(NC(=O)Cn1nnn(-c3cccs3)c1=O)C2. The van der Waals surface area contributed by atoms with Crippen molar-refractivity contribution in [1.29, 1.82) is 0 Å². The Hall–Kier alpha value is -2.75. The minimum atomic E-state index is -0.424. The summed E-state index contributed by atoms with van der Waals surface area (Å²) in [5, 5.41) is 13.1. The van der Waals surface area contributed by atoms with Crippen molar-refractivity contribution >= 4 is 17.2 Å². The maximum atomic E-state index is 12.3. The quantitative estimate of drug-likeness (QED) is 0.714. The second-order valence-corrected chi connectivity index (χ2v) is 6.93. The first kappa shape index (κ1) is 15.8. The lowest BCUT2D eigenvalue weighted by Gasteiger charge is -2.25. The summed E-state index contributed by atoms with van der Waals surface area (Å²) in [6.07, 6.45) is 3.38. The fraction of sp³-hybridized carbons (Fsp3) is 0.400. The summed E-state index contributed by atoms with van der Waals surface area (Å²) in [5.74, 6) is 0.733. The highest BCUT2D eigenvalue weighted by Crippen LogP contribution is 2.16. The number of aromatic nitrogens is 6. The Morgan fingerprint density at radius 2 is 2.32 bits per heavy atom. The lowest BCUT2D eigenvalue weighted by atomic mass is 10.1. The third-order valence-electron chi connectivity index (χ3n) is 4.28. The van der Waals surface area contributed by atoms with E-state index in [1.54, 1.807) is 6.07 Å². The van der Waals surface area contributed by atoms with E-state index in [0.717, 1.165) is 29.2 Å². The summed E-state index contributed by atoms with van der Waals surface area (Å²) < 4.78 is 4.43. The van der Waals surface area contributed by atoms with E-state index in [2.05, 4.69) is 25.3 Å². The third-order valence-corrected chi connectivity index (χ3v) is 5.12. The molecule has 1 aliphatic heterocycles. The van der Waals surface area contributed by atoms with Crippen molar-refractivity contribution in [2.75, 3.05) is 0 Å². The van der Waals surface area contributed by atoms with Crippen LogP contribution in [0.1, 0.15) is 17.9 Å². The van der Waals surface area contributed by atoms with Gasteiger partial charge in [0.25, 0.3) is 0 Å². The molecule has 1 amide bonds.